The van der Waals surface area contributed by atoms with E-state index >= 15 is 0 Å². The Morgan fingerprint density at radius 2 is 2.13 bits per heavy atom. The van der Waals surface area contributed by atoms with Gasteiger partial charge in [0.15, 0.2) is 11.4 Å². The van der Waals surface area contributed by atoms with Gasteiger partial charge in [0.25, 0.3) is 5.91 Å². The number of carbonyl (C=O) groups is 2. The van der Waals surface area contributed by atoms with E-state index in [1.165, 1.54) is 13.3 Å². The first-order valence-electron chi connectivity index (χ1n) is 9.44. The summed E-state index contributed by atoms with van der Waals surface area (Å²) in [6, 6.07) is 14.5. The number of carbonyl (C=O) groups excluding carboxylic acids is 2. The smallest absolute Gasteiger partial charge is 0.302 e. The fraction of sp³-hybridized carbons (Fsp3) is 0.286. The first kappa shape index (κ1) is 19.5. The van der Waals surface area contributed by atoms with E-state index in [4.69, 9.17) is 9.47 Å². The second-order valence-corrected chi connectivity index (χ2v) is 6.96. The molecular weight excluding hydrogens is 386 g/mol. The van der Waals surface area contributed by atoms with Crippen molar-refractivity contribution in [2.45, 2.75) is 31.5 Å². The van der Waals surface area contributed by atoms with E-state index in [1.807, 2.05) is 6.07 Å². The summed E-state index contributed by atoms with van der Waals surface area (Å²) >= 11 is 0. The minimum atomic E-state index is -1.23. The van der Waals surface area contributed by atoms with E-state index in [1.54, 1.807) is 40.9 Å². The van der Waals surface area contributed by atoms with E-state index in [9.17, 15) is 14.9 Å². The Morgan fingerprint density at radius 3 is 2.87 bits per heavy atom. The van der Waals surface area contributed by atoms with Crippen molar-refractivity contribution >= 4 is 23.2 Å². The first-order valence-corrected chi connectivity index (χ1v) is 9.44. The SMILES string of the molecule is CC(=O)OCC1CCC(C#N)(c2ccc3c(NC(=O)c4ccccc4)ncnn23)O1. The molecular formula is C21H19N5O4. The summed E-state index contributed by atoms with van der Waals surface area (Å²) in [5.41, 5.74) is 0.343. The van der Waals surface area contributed by atoms with Crippen molar-refractivity contribution in [1.29, 1.82) is 5.26 Å². The van der Waals surface area contributed by atoms with Crippen molar-refractivity contribution in [3.05, 3.63) is 60.0 Å². The van der Waals surface area contributed by atoms with Gasteiger partial charge in [-0.3, -0.25) is 9.59 Å². The lowest BCUT2D eigenvalue weighted by molar-refractivity contribution is -0.146. The molecule has 2 atom stereocenters. The minimum Gasteiger partial charge on any atom is -0.463 e. The van der Waals surface area contributed by atoms with Crippen LogP contribution >= 0.6 is 0 Å². The highest BCUT2D eigenvalue weighted by Crippen LogP contribution is 2.40. The quantitative estimate of drug-likeness (QED) is 0.648. The van der Waals surface area contributed by atoms with Crippen molar-refractivity contribution in [3.8, 4) is 6.07 Å². The van der Waals surface area contributed by atoms with E-state index in [-0.39, 0.29) is 18.6 Å². The highest BCUT2D eigenvalue weighted by atomic mass is 16.6. The molecule has 0 radical (unpaired) electrons. The number of nitriles is 1. The van der Waals surface area contributed by atoms with Crippen LogP contribution in [0.15, 0.2) is 48.8 Å². The number of ether oxygens (including phenoxy) is 2. The lowest BCUT2D eigenvalue weighted by Gasteiger charge is -2.21. The molecule has 3 aromatic rings. The van der Waals surface area contributed by atoms with Crippen LogP contribution in [-0.2, 0) is 19.9 Å². The number of hydrogen-bond donors (Lipinski definition) is 1. The third kappa shape index (κ3) is 3.60. The largest absolute Gasteiger partial charge is 0.463 e. The van der Waals surface area contributed by atoms with Gasteiger partial charge >= 0.3 is 5.97 Å². The lowest BCUT2D eigenvalue weighted by Crippen LogP contribution is -2.28. The summed E-state index contributed by atoms with van der Waals surface area (Å²) in [5, 5.41) is 16.9. The number of fused-ring (bicyclic) bond motifs is 1. The first-order chi connectivity index (χ1) is 14.5. The van der Waals surface area contributed by atoms with E-state index in [0.29, 0.717) is 35.4 Å². The van der Waals surface area contributed by atoms with E-state index in [2.05, 4.69) is 21.5 Å². The monoisotopic (exact) mass is 405 g/mol. The van der Waals surface area contributed by atoms with Crippen LogP contribution < -0.4 is 5.32 Å². The summed E-state index contributed by atoms with van der Waals surface area (Å²) in [7, 11) is 0. The minimum absolute atomic E-state index is 0.0927. The standard InChI is InChI=1S/C21H19N5O4/c1-14(27)29-11-16-9-10-21(12-22,30-16)18-8-7-17-19(23-13-24-26(17)18)25-20(28)15-5-3-2-4-6-15/h2-8,13,16H,9-11H2,1H3,(H,23,24,25,28). The Labute approximate surface area is 172 Å². The Morgan fingerprint density at radius 1 is 1.33 bits per heavy atom. The fourth-order valence-electron chi connectivity index (χ4n) is 3.53. The molecule has 1 N–H and O–H groups in total. The van der Waals surface area contributed by atoms with Crippen molar-refractivity contribution < 1.29 is 19.1 Å². The average molecular weight is 405 g/mol. The van der Waals surface area contributed by atoms with E-state index in [0.717, 1.165) is 0 Å². The van der Waals surface area contributed by atoms with Gasteiger partial charge in [0.2, 0.25) is 0 Å². The maximum absolute atomic E-state index is 12.5. The summed E-state index contributed by atoms with van der Waals surface area (Å²) in [6.07, 6.45) is 1.93. The topological polar surface area (TPSA) is 119 Å². The Balaban J connectivity index is 1.62. The third-order valence-corrected chi connectivity index (χ3v) is 4.97. The van der Waals surface area contributed by atoms with Crippen LogP contribution in [0.3, 0.4) is 0 Å². The molecule has 1 aliphatic rings. The molecule has 1 saturated heterocycles. The number of aromatic nitrogens is 3. The van der Waals surface area contributed by atoms with Gasteiger partial charge in [-0.1, -0.05) is 18.2 Å². The molecule has 0 spiro atoms. The van der Waals surface area contributed by atoms with Gasteiger partial charge in [0.05, 0.1) is 11.8 Å². The highest BCUT2D eigenvalue weighted by Gasteiger charge is 2.45. The normalized spacial score (nSPS) is 20.6. The number of hydrogen-bond acceptors (Lipinski definition) is 7. The molecule has 1 amide bonds. The summed E-state index contributed by atoms with van der Waals surface area (Å²) in [4.78, 5) is 27.8. The van der Waals surface area contributed by atoms with Gasteiger partial charge in [0, 0.05) is 12.5 Å². The zero-order chi connectivity index (χ0) is 21.1. The molecule has 1 fully saturated rings. The lowest BCUT2D eigenvalue weighted by atomic mass is 9.98. The number of benzene rings is 1. The second-order valence-electron chi connectivity index (χ2n) is 6.96. The number of anilines is 1. The summed E-state index contributed by atoms with van der Waals surface area (Å²) < 4.78 is 12.6. The molecule has 1 aromatic carbocycles. The molecule has 2 aromatic heterocycles. The van der Waals surface area contributed by atoms with Crippen LogP contribution in [-0.4, -0.2) is 39.2 Å². The number of nitrogens with one attached hydrogen (secondary N) is 1. The highest BCUT2D eigenvalue weighted by molar-refractivity contribution is 6.05. The Hall–Kier alpha value is -3.77. The Bertz CT molecular complexity index is 1140. The summed E-state index contributed by atoms with van der Waals surface area (Å²) in [5.74, 6) is -0.368. The molecule has 1 aliphatic heterocycles. The molecule has 2 unspecified atom stereocenters. The Kier molecular flexibility index (Phi) is 5.16. The van der Waals surface area contributed by atoms with Crippen LogP contribution in [0.25, 0.3) is 5.52 Å². The summed E-state index contributed by atoms with van der Waals surface area (Å²) in [6.45, 7) is 1.42. The number of rotatable bonds is 5. The zero-order valence-corrected chi connectivity index (χ0v) is 16.2. The van der Waals surface area contributed by atoms with Crippen molar-refractivity contribution in [3.63, 3.8) is 0 Å². The van der Waals surface area contributed by atoms with Crippen LogP contribution in [0.5, 0.6) is 0 Å². The van der Waals surface area contributed by atoms with Gasteiger partial charge < -0.3 is 14.8 Å². The van der Waals surface area contributed by atoms with Crippen LogP contribution in [0.2, 0.25) is 0 Å². The van der Waals surface area contributed by atoms with Crippen LogP contribution in [0, 0.1) is 11.3 Å². The molecule has 3 heterocycles. The van der Waals surface area contributed by atoms with Crippen molar-refractivity contribution in [2.75, 3.05) is 11.9 Å². The molecule has 30 heavy (non-hydrogen) atoms. The maximum atomic E-state index is 12.5. The van der Waals surface area contributed by atoms with Gasteiger partial charge in [0.1, 0.15) is 24.5 Å². The zero-order valence-electron chi connectivity index (χ0n) is 16.2. The maximum Gasteiger partial charge on any atom is 0.302 e. The van der Waals surface area contributed by atoms with Crippen molar-refractivity contribution in [1.82, 2.24) is 14.6 Å². The molecule has 152 valence electrons. The number of nitrogens with zero attached hydrogens (tertiary/aromatic N) is 4. The molecule has 9 nitrogen and oxygen atoms in total. The predicted octanol–water partition coefficient (Wildman–Crippen LogP) is 2.44. The third-order valence-electron chi connectivity index (χ3n) is 4.97. The van der Waals surface area contributed by atoms with Gasteiger partial charge in [-0.2, -0.15) is 10.4 Å². The average Bonchev–Trinajstić information content (AvgIpc) is 3.38. The van der Waals surface area contributed by atoms with Crippen molar-refractivity contribution in [2.24, 2.45) is 0 Å². The van der Waals surface area contributed by atoms with Gasteiger partial charge in [-0.05, 0) is 37.1 Å². The van der Waals surface area contributed by atoms with Gasteiger partial charge in [-0.25, -0.2) is 9.50 Å². The van der Waals surface area contributed by atoms with Crippen LogP contribution in [0.4, 0.5) is 5.82 Å². The second kappa shape index (κ2) is 7.93. The molecule has 9 heteroatoms. The molecule has 0 bridgehead atoms. The van der Waals surface area contributed by atoms with E-state index < -0.39 is 11.6 Å². The predicted molar refractivity (Wildman–Crippen MR) is 105 cm³/mol. The molecule has 4 rings (SSSR count). The number of amides is 1. The fourth-order valence-corrected chi connectivity index (χ4v) is 3.53. The van der Waals surface area contributed by atoms with Crippen LogP contribution in [0.1, 0.15) is 35.8 Å². The molecule has 0 aliphatic carbocycles. The van der Waals surface area contributed by atoms with Gasteiger partial charge in [-0.15, -0.1) is 0 Å². The molecule has 0 saturated carbocycles. The number of esters is 1.